The maximum absolute atomic E-state index is 11.7. The van der Waals surface area contributed by atoms with Gasteiger partial charge in [0.05, 0.1) is 6.61 Å². The molecule has 0 saturated heterocycles. The minimum absolute atomic E-state index is 0.158. The van der Waals surface area contributed by atoms with E-state index in [9.17, 15) is 4.79 Å². The lowest BCUT2D eigenvalue weighted by Gasteiger charge is -2.11. The van der Waals surface area contributed by atoms with E-state index in [1.54, 1.807) is 12.1 Å². The number of rotatable bonds is 9. The summed E-state index contributed by atoms with van der Waals surface area (Å²) in [6, 6.07) is 14.6. The van der Waals surface area contributed by atoms with Gasteiger partial charge in [0.1, 0.15) is 19.0 Å². The summed E-state index contributed by atoms with van der Waals surface area (Å²) in [7, 11) is 0. The number of ether oxygens (including phenoxy) is 4. The van der Waals surface area contributed by atoms with Crippen LogP contribution < -0.4 is 14.2 Å². The molecule has 0 spiro atoms. The van der Waals surface area contributed by atoms with Crippen LogP contribution in [0.25, 0.3) is 0 Å². The zero-order valence-corrected chi connectivity index (χ0v) is 15.0. The van der Waals surface area contributed by atoms with Crippen molar-refractivity contribution < 1.29 is 23.7 Å². The Hall–Kier alpha value is -2.21. The van der Waals surface area contributed by atoms with Crippen LogP contribution in [0.2, 0.25) is 0 Å². The molecule has 0 atom stereocenters. The molecule has 0 saturated carbocycles. The topological polar surface area (TPSA) is 54.0 Å². The molecule has 2 aromatic rings. The number of benzene rings is 2. The van der Waals surface area contributed by atoms with Crippen LogP contribution in [-0.2, 0) is 9.53 Å². The van der Waals surface area contributed by atoms with Gasteiger partial charge in [-0.1, -0.05) is 28.1 Å². The average molecular weight is 395 g/mol. The smallest absolute Gasteiger partial charge is 0.344 e. The molecule has 0 radical (unpaired) electrons. The molecule has 6 heteroatoms. The molecule has 0 aromatic heterocycles. The molecule has 0 heterocycles. The van der Waals surface area contributed by atoms with Crippen molar-refractivity contribution in [1.29, 1.82) is 0 Å². The summed E-state index contributed by atoms with van der Waals surface area (Å²) < 4.78 is 22.4. The fraction of sp³-hybridized carbons (Fsp3) is 0.278. The lowest BCUT2D eigenvalue weighted by molar-refractivity contribution is -0.146. The normalized spacial score (nSPS) is 10.1. The van der Waals surface area contributed by atoms with Gasteiger partial charge in [-0.05, 0) is 43.3 Å². The van der Waals surface area contributed by atoms with E-state index in [2.05, 4.69) is 15.9 Å². The molecular weight excluding hydrogens is 376 g/mol. The fourth-order valence-corrected chi connectivity index (χ4v) is 2.13. The number of carbonyl (C=O) groups excluding carboxylic acids is 1. The van der Waals surface area contributed by atoms with E-state index < -0.39 is 5.97 Å². The third kappa shape index (κ3) is 6.12. The third-order valence-corrected chi connectivity index (χ3v) is 3.45. The molecule has 0 aliphatic rings. The highest BCUT2D eigenvalue weighted by Gasteiger charge is 2.08. The van der Waals surface area contributed by atoms with E-state index in [0.717, 1.165) is 10.2 Å². The monoisotopic (exact) mass is 394 g/mol. The summed E-state index contributed by atoms with van der Waals surface area (Å²) in [6.45, 7) is 2.67. The number of para-hydroxylation sites is 2. The van der Waals surface area contributed by atoms with E-state index in [1.807, 2.05) is 43.3 Å². The third-order valence-electron chi connectivity index (χ3n) is 2.92. The second kappa shape index (κ2) is 9.82. The van der Waals surface area contributed by atoms with E-state index >= 15 is 0 Å². The van der Waals surface area contributed by atoms with E-state index in [4.69, 9.17) is 18.9 Å². The Bertz CT molecular complexity index is 642. The quantitative estimate of drug-likeness (QED) is 0.477. The molecule has 24 heavy (non-hydrogen) atoms. The predicted octanol–water partition coefficient (Wildman–Crippen LogP) is 3.85. The van der Waals surface area contributed by atoms with Crippen LogP contribution in [0.1, 0.15) is 6.92 Å². The zero-order chi connectivity index (χ0) is 17.2. The summed E-state index contributed by atoms with van der Waals surface area (Å²) in [5, 5.41) is 0. The van der Waals surface area contributed by atoms with Crippen molar-refractivity contribution >= 4 is 21.9 Å². The van der Waals surface area contributed by atoms with Crippen LogP contribution in [0.4, 0.5) is 0 Å². The second-order valence-electron chi connectivity index (χ2n) is 4.69. The van der Waals surface area contributed by atoms with Gasteiger partial charge < -0.3 is 18.9 Å². The minimum atomic E-state index is -0.458. The molecule has 0 unspecified atom stereocenters. The van der Waals surface area contributed by atoms with Gasteiger partial charge in [0.2, 0.25) is 0 Å². The summed E-state index contributed by atoms with van der Waals surface area (Å²) in [5.41, 5.74) is 0. The van der Waals surface area contributed by atoms with Gasteiger partial charge in [0.25, 0.3) is 0 Å². The van der Waals surface area contributed by atoms with Crippen molar-refractivity contribution in [3.05, 3.63) is 53.0 Å². The van der Waals surface area contributed by atoms with E-state index in [0.29, 0.717) is 18.1 Å². The van der Waals surface area contributed by atoms with Gasteiger partial charge in [-0.25, -0.2) is 4.79 Å². The van der Waals surface area contributed by atoms with Crippen LogP contribution in [0.15, 0.2) is 53.0 Å². The maximum atomic E-state index is 11.7. The molecule has 2 aromatic carbocycles. The van der Waals surface area contributed by atoms with Crippen molar-refractivity contribution in [2.75, 3.05) is 26.4 Å². The number of hydrogen-bond donors (Lipinski definition) is 0. The first-order valence-electron chi connectivity index (χ1n) is 7.57. The molecule has 0 amide bonds. The fourth-order valence-electron chi connectivity index (χ4n) is 1.87. The Morgan fingerprint density at radius 3 is 2.25 bits per heavy atom. The molecule has 0 fully saturated rings. The van der Waals surface area contributed by atoms with Crippen molar-refractivity contribution in [2.45, 2.75) is 6.92 Å². The number of esters is 1. The first-order chi connectivity index (χ1) is 11.7. The lowest BCUT2D eigenvalue weighted by atomic mass is 10.3. The van der Waals surface area contributed by atoms with Gasteiger partial charge in [-0.15, -0.1) is 0 Å². The Labute approximate surface area is 149 Å². The van der Waals surface area contributed by atoms with Crippen molar-refractivity contribution in [2.24, 2.45) is 0 Å². The zero-order valence-electron chi connectivity index (χ0n) is 13.4. The Morgan fingerprint density at radius 1 is 0.917 bits per heavy atom. The molecular formula is C18H19BrO5. The number of hydrogen-bond acceptors (Lipinski definition) is 5. The van der Waals surface area contributed by atoms with E-state index in [1.165, 1.54) is 0 Å². The highest BCUT2D eigenvalue weighted by atomic mass is 79.9. The minimum Gasteiger partial charge on any atom is -0.490 e. The molecule has 5 nitrogen and oxygen atoms in total. The first kappa shape index (κ1) is 18.1. The standard InChI is InChI=1S/C18H19BrO5/c1-2-21-16-5-3-4-6-17(16)24-13-18(20)23-12-11-22-15-9-7-14(19)8-10-15/h3-10H,2,11-13H2,1H3. The van der Waals surface area contributed by atoms with Crippen LogP contribution in [0, 0.1) is 0 Å². The van der Waals surface area contributed by atoms with Crippen LogP contribution in [0.3, 0.4) is 0 Å². The summed E-state index contributed by atoms with van der Waals surface area (Å²) in [5.74, 6) is 1.38. The van der Waals surface area contributed by atoms with E-state index in [-0.39, 0.29) is 19.8 Å². The van der Waals surface area contributed by atoms with Crippen LogP contribution in [-0.4, -0.2) is 32.4 Å². The molecule has 128 valence electrons. The Balaban J connectivity index is 1.67. The lowest BCUT2D eigenvalue weighted by Crippen LogP contribution is -2.18. The highest BCUT2D eigenvalue weighted by molar-refractivity contribution is 9.10. The van der Waals surface area contributed by atoms with Crippen molar-refractivity contribution in [3.8, 4) is 17.2 Å². The van der Waals surface area contributed by atoms with Crippen molar-refractivity contribution in [3.63, 3.8) is 0 Å². The average Bonchev–Trinajstić information content (AvgIpc) is 2.60. The highest BCUT2D eigenvalue weighted by Crippen LogP contribution is 2.26. The number of halogens is 1. The maximum Gasteiger partial charge on any atom is 0.344 e. The second-order valence-corrected chi connectivity index (χ2v) is 5.61. The Kier molecular flexibility index (Phi) is 7.42. The van der Waals surface area contributed by atoms with Gasteiger partial charge in [0.15, 0.2) is 18.1 Å². The van der Waals surface area contributed by atoms with Crippen LogP contribution in [0.5, 0.6) is 17.2 Å². The van der Waals surface area contributed by atoms with Gasteiger partial charge >= 0.3 is 5.97 Å². The first-order valence-corrected chi connectivity index (χ1v) is 8.37. The summed E-state index contributed by atoms with van der Waals surface area (Å²) in [4.78, 5) is 11.7. The van der Waals surface area contributed by atoms with Crippen molar-refractivity contribution in [1.82, 2.24) is 0 Å². The SMILES string of the molecule is CCOc1ccccc1OCC(=O)OCCOc1ccc(Br)cc1. The van der Waals surface area contributed by atoms with Gasteiger partial charge in [0, 0.05) is 4.47 Å². The van der Waals surface area contributed by atoms with Gasteiger partial charge in [-0.3, -0.25) is 0 Å². The predicted molar refractivity (Wildman–Crippen MR) is 93.7 cm³/mol. The summed E-state index contributed by atoms with van der Waals surface area (Å²) >= 11 is 3.35. The molecule has 0 aliphatic carbocycles. The number of carbonyl (C=O) groups is 1. The summed E-state index contributed by atoms with van der Waals surface area (Å²) in [6.07, 6.45) is 0. The molecule has 0 N–H and O–H groups in total. The van der Waals surface area contributed by atoms with Gasteiger partial charge in [-0.2, -0.15) is 0 Å². The largest absolute Gasteiger partial charge is 0.490 e. The molecule has 0 bridgehead atoms. The Morgan fingerprint density at radius 2 is 1.58 bits per heavy atom. The van der Waals surface area contributed by atoms with Crippen LogP contribution >= 0.6 is 15.9 Å². The molecule has 0 aliphatic heterocycles. The molecule has 2 rings (SSSR count).